The van der Waals surface area contributed by atoms with Crippen molar-refractivity contribution in [1.82, 2.24) is 4.98 Å². The van der Waals surface area contributed by atoms with Gasteiger partial charge in [0.05, 0.1) is 11.3 Å². The zero-order valence-corrected chi connectivity index (χ0v) is 13.9. The second-order valence-electron chi connectivity index (χ2n) is 6.00. The van der Waals surface area contributed by atoms with Crippen molar-refractivity contribution in [1.29, 1.82) is 0 Å². The Morgan fingerprint density at radius 1 is 1.55 bits per heavy atom. The molecular formula is C15H27N3OS. The molecule has 114 valence electrons. The molecular weight excluding hydrogens is 270 g/mol. The lowest BCUT2D eigenvalue weighted by Crippen LogP contribution is -2.47. The number of ether oxygens (including phenoxy) is 1. The van der Waals surface area contributed by atoms with Gasteiger partial charge in [-0.25, -0.2) is 4.98 Å². The average molecular weight is 297 g/mol. The molecule has 1 saturated heterocycles. The second-order valence-corrected chi connectivity index (χ2v) is 7.06. The molecule has 0 aromatic carbocycles. The van der Waals surface area contributed by atoms with Gasteiger partial charge < -0.3 is 15.4 Å². The molecule has 1 fully saturated rings. The molecule has 0 spiro atoms. The van der Waals surface area contributed by atoms with Crippen LogP contribution in [0.5, 0.6) is 0 Å². The van der Waals surface area contributed by atoms with Crippen LogP contribution >= 0.6 is 11.3 Å². The molecule has 0 radical (unpaired) electrons. The van der Waals surface area contributed by atoms with Crippen LogP contribution in [0.1, 0.15) is 56.5 Å². The maximum atomic E-state index is 5.89. The number of nitrogens with two attached hydrogens (primary N) is 1. The van der Waals surface area contributed by atoms with Crippen LogP contribution in [0, 0.1) is 0 Å². The summed E-state index contributed by atoms with van der Waals surface area (Å²) in [6.45, 7) is 9.19. The summed E-state index contributed by atoms with van der Waals surface area (Å²) < 4.78 is 5.67. The van der Waals surface area contributed by atoms with E-state index >= 15 is 0 Å². The van der Waals surface area contributed by atoms with Gasteiger partial charge >= 0.3 is 0 Å². The van der Waals surface area contributed by atoms with Crippen LogP contribution in [0.3, 0.4) is 0 Å². The Morgan fingerprint density at radius 3 is 2.90 bits per heavy atom. The summed E-state index contributed by atoms with van der Waals surface area (Å²) >= 11 is 1.76. The van der Waals surface area contributed by atoms with E-state index in [0.717, 1.165) is 37.5 Å². The van der Waals surface area contributed by atoms with Gasteiger partial charge in [0.2, 0.25) is 0 Å². The highest BCUT2D eigenvalue weighted by molar-refractivity contribution is 7.15. The highest BCUT2D eigenvalue weighted by Gasteiger charge is 2.32. The summed E-state index contributed by atoms with van der Waals surface area (Å²) in [5.41, 5.74) is 7.03. The molecule has 2 rings (SSSR count). The summed E-state index contributed by atoms with van der Waals surface area (Å²) in [7, 11) is 1.81. The van der Waals surface area contributed by atoms with E-state index in [9.17, 15) is 0 Å². The minimum atomic E-state index is -0.0522. The number of piperidine rings is 1. The Bertz CT molecular complexity index is 448. The van der Waals surface area contributed by atoms with Crippen molar-refractivity contribution < 1.29 is 4.74 Å². The molecule has 2 heterocycles. The molecule has 1 aromatic rings. The van der Waals surface area contributed by atoms with Crippen LogP contribution in [0.4, 0.5) is 5.13 Å². The van der Waals surface area contributed by atoms with E-state index in [1.54, 1.807) is 18.4 Å². The van der Waals surface area contributed by atoms with Crippen LogP contribution < -0.4 is 10.6 Å². The van der Waals surface area contributed by atoms with Crippen molar-refractivity contribution in [3.8, 4) is 0 Å². The van der Waals surface area contributed by atoms with Crippen molar-refractivity contribution in [2.75, 3.05) is 25.1 Å². The van der Waals surface area contributed by atoms with Crippen molar-refractivity contribution in [3.05, 3.63) is 10.6 Å². The van der Waals surface area contributed by atoms with Gasteiger partial charge in [-0.15, -0.1) is 11.3 Å². The standard InChI is InChI=1S/C15H27N3OS/c1-5-11(2)13-12(9-16)20-14(17-13)18-8-6-7-15(3,10-18)19-4/h11H,5-10,16H2,1-4H3. The van der Waals surface area contributed by atoms with E-state index in [4.69, 9.17) is 15.5 Å². The average Bonchev–Trinajstić information content (AvgIpc) is 2.91. The smallest absolute Gasteiger partial charge is 0.185 e. The van der Waals surface area contributed by atoms with Crippen LogP contribution in [0.2, 0.25) is 0 Å². The van der Waals surface area contributed by atoms with Crippen LogP contribution in [-0.4, -0.2) is 30.8 Å². The van der Waals surface area contributed by atoms with Gasteiger partial charge in [-0.3, -0.25) is 0 Å². The number of hydrogen-bond acceptors (Lipinski definition) is 5. The number of anilines is 1. The Labute approximate surface area is 126 Å². The van der Waals surface area contributed by atoms with Gasteiger partial charge in [0.25, 0.3) is 0 Å². The summed E-state index contributed by atoms with van der Waals surface area (Å²) in [6.07, 6.45) is 3.37. The van der Waals surface area contributed by atoms with Gasteiger partial charge in [-0.2, -0.15) is 0 Å². The van der Waals surface area contributed by atoms with Crippen molar-refractivity contribution in [2.45, 2.75) is 58.1 Å². The molecule has 0 aliphatic carbocycles. The number of aromatic nitrogens is 1. The molecule has 2 N–H and O–H groups in total. The van der Waals surface area contributed by atoms with E-state index in [0.29, 0.717) is 12.5 Å². The normalized spacial score (nSPS) is 24.9. The van der Waals surface area contributed by atoms with Crippen molar-refractivity contribution >= 4 is 16.5 Å². The minimum Gasteiger partial charge on any atom is -0.377 e. The maximum absolute atomic E-state index is 5.89. The Balaban J connectivity index is 2.22. The van der Waals surface area contributed by atoms with E-state index in [1.165, 1.54) is 10.6 Å². The molecule has 0 amide bonds. The molecule has 0 bridgehead atoms. The highest BCUT2D eigenvalue weighted by atomic mass is 32.1. The van der Waals surface area contributed by atoms with Gasteiger partial charge in [-0.05, 0) is 32.1 Å². The fraction of sp³-hybridized carbons (Fsp3) is 0.800. The number of rotatable bonds is 5. The number of hydrogen-bond donors (Lipinski definition) is 1. The highest BCUT2D eigenvalue weighted by Crippen LogP contribution is 2.35. The molecule has 2 atom stereocenters. The van der Waals surface area contributed by atoms with Crippen LogP contribution in [-0.2, 0) is 11.3 Å². The molecule has 0 saturated carbocycles. The zero-order valence-electron chi connectivity index (χ0n) is 13.1. The first-order valence-corrected chi connectivity index (χ1v) is 8.34. The molecule has 5 heteroatoms. The third-order valence-electron chi connectivity index (χ3n) is 4.40. The predicted octanol–water partition coefficient (Wildman–Crippen LogP) is 3.12. The van der Waals surface area contributed by atoms with Crippen molar-refractivity contribution in [3.63, 3.8) is 0 Å². The number of methoxy groups -OCH3 is 1. The van der Waals surface area contributed by atoms with Gasteiger partial charge in [0.1, 0.15) is 0 Å². The third-order valence-corrected chi connectivity index (χ3v) is 5.56. The van der Waals surface area contributed by atoms with E-state index < -0.39 is 0 Å². The lowest BCUT2D eigenvalue weighted by atomic mass is 9.95. The molecule has 1 aliphatic heterocycles. The first-order valence-electron chi connectivity index (χ1n) is 7.52. The summed E-state index contributed by atoms with van der Waals surface area (Å²) in [4.78, 5) is 8.48. The van der Waals surface area contributed by atoms with Gasteiger partial charge in [-0.1, -0.05) is 13.8 Å². The quantitative estimate of drug-likeness (QED) is 0.907. The van der Waals surface area contributed by atoms with Gasteiger partial charge in [0.15, 0.2) is 5.13 Å². The summed E-state index contributed by atoms with van der Waals surface area (Å²) in [6, 6.07) is 0. The van der Waals surface area contributed by atoms with Crippen LogP contribution in [0.15, 0.2) is 0 Å². The van der Waals surface area contributed by atoms with Crippen molar-refractivity contribution in [2.24, 2.45) is 5.73 Å². The van der Waals surface area contributed by atoms with Gasteiger partial charge in [0, 0.05) is 31.6 Å². The number of thiazole rings is 1. The largest absolute Gasteiger partial charge is 0.377 e. The van der Waals surface area contributed by atoms with E-state index in [2.05, 4.69) is 25.7 Å². The molecule has 20 heavy (non-hydrogen) atoms. The fourth-order valence-electron chi connectivity index (χ4n) is 2.75. The number of nitrogens with zero attached hydrogens (tertiary/aromatic N) is 2. The molecule has 1 aromatic heterocycles. The zero-order chi connectivity index (χ0) is 14.8. The Hall–Kier alpha value is -0.650. The first-order chi connectivity index (χ1) is 9.53. The molecule has 4 nitrogen and oxygen atoms in total. The topological polar surface area (TPSA) is 51.4 Å². The SMILES string of the molecule is CCC(C)c1nc(N2CCCC(C)(OC)C2)sc1CN. The van der Waals surface area contributed by atoms with Crippen LogP contribution in [0.25, 0.3) is 0 Å². The van der Waals surface area contributed by atoms with E-state index in [-0.39, 0.29) is 5.60 Å². The lowest BCUT2D eigenvalue weighted by molar-refractivity contribution is -0.00466. The third kappa shape index (κ3) is 3.15. The molecule has 2 unspecified atom stereocenters. The Kier molecular flexibility index (Phi) is 5.04. The monoisotopic (exact) mass is 297 g/mol. The van der Waals surface area contributed by atoms with E-state index in [1.807, 2.05) is 0 Å². The minimum absolute atomic E-state index is 0.0522. The lowest BCUT2D eigenvalue weighted by Gasteiger charge is -2.39. The maximum Gasteiger partial charge on any atom is 0.185 e. The second kappa shape index (κ2) is 6.41. The fourth-order valence-corrected chi connectivity index (χ4v) is 3.83. The molecule has 1 aliphatic rings. The predicted molar refractivity (Wildman–Crippen MR) is 85.6 cm³/mol. The summed E-state index contributed by atoms with van der Waals surface area (Å²) in [5, 5.41) is 1.11. The summed E-state index contributed by atoms with van der Waals surface area (Å²) in [5.74, 6) is 0.483. The first kappa shape index (κ1) is 15.7. The Morgan fingerprint density at radius 2 is 2.30 bits per heavy atom.